The summed E-state index contributed by atoms with van der Waals surface area (Å²) in [6.45, 7) is 0. The summed E-state index contributed by atoms with van der Waals surface area (Å²) in [5.41, 5.74) is 2.48. The van der Waals surface area contributed by atoms with Crippen molar-refractivity contribution in [2.45, 2.75) is 0 Å². The Bertz CT molecular complexity index is 1360. The summed E-state index contributed by atoms with van der Waals surface area (Å²) >= 11 is 3.60. The number of benzene rings is 3. The van der Waals surface area contributed by atoms with Crippen LogP contribution in [0, 0.1) is 11.3 Å². The van der Waals surface area contributed by atoms with Crippen molar-refractivity contribution in [2.24, 2.45) is 0 Å². The second-order valence-corrected chi connectivity index (χ2v) is 7.74. The van der Waals surface area contributed by atoms with Crippen molar-refractivity contribution >= 4 is 55.5 Å². The van der Waals surface area contributed by atoms with Gasteiger partial charge in [0.2, 0.25) is 0 Å². The number of nitrogens with zero attached hydrogens (tertiary/aromatic N) is 2. The lowest BCUT2D eigenvalue weighted by molar-refractivity contribution is 0.561. The van der Waals surface area contributed by atoms with Crippen LogP contribution in [-0.4, -0.2) is 14.1 Å². The van der Waals surface area contributed by atoms with Crippen LogP contribution in [0.1, 0.15) is 16.7 Å². The van der Waals surface area contributed by atoms with Gasteiger partial charge in [0.05, 0.1) is 0 Å². The van der Waals surface area contributed by atoms with Gasteiger partial charge in [-0.2, -0.15) is 5.26 Å². The number of halogens is 1. The molecule has 0 atom stereocenters. The summed E-state index contributed by atoms with van der Waals surface area (Å²) < 4.78 is 6.43. The minimum absolute atomic E-state index is 0.000780. The number of anilines is 1. The Morgan fingerprint density at radius 3 is 2.34 bits per heavy atom. The molecule has 4 nitrogen and oxygen atoms in total. The van der Waals surface area contributed by atoms with Gasteiger partial charge in [-0.25, -0.2) is 4.79 Å². The summed E-state index contributed by atoms with van der Waals surface area (Å²) in [6, 6.07) is 19.6. The molecule has 142 valence electrons. The van der Waals surface area contributed by atoms with E-state index >= 15 is 0 Å². The quantitative estimate of drug-likeness (QED) is 0.295. The summed E-state index contributed by atoms with van der Waals surface area (Å²) in [5, 5.41) is 12.1. The minimum atomic E-state index is -0.630. The fraction of sp³-hybridized carbons (Fsp3) is 0.0833. The molecule has 0 aliphatic carbocycles. The first-order valence-corrected chi connectivity index (χ1v) is 9.82. The van der Waals surface area contributed by atoms with Gasteiger partial charge in [0.1, 0.15) is 17.2 Å². The Kier molecular flexibility index (Phi) is 4.96. The molecular formula is C24H17BrN2O2. The van der Waals surface area contributed by atoms with Crippen molar-refractivity contribution in [2.75, 3.05) is 19.0 Å². The second-order valence-electron chi connectivity index (χ2n) is 6.89. The van der Waals surface area contributed by atoms with E-state index in [9.17, 15) is 10.1 Å². The van der Waals surface area contributed by atoms with E-state index in [-0.39, 0.29) is 5.56 Å². The zero-order valence-electron chi connectivity index (χ0n) is 15.9. The normalized spacial score (nSPS) is 11.2. The number of rotatable bonds is 3. The monoisotopic (exact) mass is 444 g/mol. The molecule has 4 rings (SSSR count). The molecule has 0 aliphatic heterocycles. The number of fused-ring (bicyclic) bond motifs is 3. The molecule has 0 radical (unpaired) electrons. The number of hydrogen-bond donors (Lipinski definition) is 0. The maximum atomic E-state index is 12.5. The fourth-order valence-electron chi connectivity index (χ4n) is 3.34. The third kappa shape index (κ3) is 3.43. The van der Waals surface area contributed by atoms with Crippen LogP contribution in [0.5, 0.6) is 0 Å². The Labute approximate surface area is 176 Å². The van der Waals surface area contributed by atoms with Gasteiger partial charge in [-0.3, -0.25) is 0 Å². The summed E-state index contributed by atoms with van der Waals surface area (Å²) in [6.07, 6.45) is 3.71. The SMILES string of the molecule is CN(C)c1ccc(/C=C/c2c(C#N)c(=O)oc3c2cc(Br)c2ccccc23)cc1. The molecule has 0 amide bonds. The lowest BCUT2D eigenvalue weighted by Crippen LogP contribution is -2.08. The molecule has 1 heterocycles. The van der Waals surface area contributed by atoms with Gasteiger partial charge in [-0.1, -0.05) is 64.5 Å². The molecule has 0 saturated heterocycles. The van der Waals surface area contributed by atoms with Gasteiger partial charge in [-0.15, -0.1) is 0 Å². The average molecular weight is 445 g/mol. The first-order chi connectivity index (χ1) is 14.0. The van der Waals surface area contributed by atoms with Gasteiger partial charge in [0.15, 0.2) is 0 Å². The van der Waals surface area contributed by atoms with E-state index in [0.717, 1.165) is 26.5 Å². The van der Waals surface area contributed by atoms with Gasteiger partial charge in [0, 0.05) is 40.6 Å². The van der Waals surface area contributed by atoms with Crippen molar-refractivity contribution in [3.8, 4) is 6.07 Å². The van der Waals surface area contributed by atoms with Crippen molar-refractivity contribution in [1.29, 1.82) is 5.26 Å². The van der Waals surface area contributed by atoms with Crippen LogP contribution >= 0.6 is 15.9 Å². The van der Waals surface area contributed by atoms with Crippen LogP contribution in [0.25, 0.3) is 33.9 Å². The maximum Gasteiger partial charge on any atom is 0.354 e. The molecule has 29 heavy (non-hydrogen) atoms. The molecule has 1 aromatic heterocycles. The van der Waals surface area contributed by atoms with E-state index in [1.165, 1.54) is 0 Å². The van der Waals surface area contributed by atoms with Gasteiger partial charge < -0.3 is 9.32 Å². The Hall–Kier alpha value is -3.36. The molecule has 5 heteroatoms. The van der Waals surface area contributed by atoms with Crippen molar-refractivity contribution in [3.05, 3.63) is 86.2 Å². The third-order valence-electron chi connectivity index (χ3n) is 4.87. The van der Waals surface area contributed by atoms with Crippen molar-refractivity contribution in [1.82, 2.24) is 0 Å². The van der Waals surface area contributed by atoms with Gasteiger partial charge in [0.25, 0.3) is 0 Å². The van der Waals surface area contributed by atoms with Gasteiger partial charge >= 0.3 is 5.63 Å². The third-order valence-corrected chi connectivity index (χ3v) is 5.52. The zero-order valence-corrected chi connectivity index (χ0v) is 17.5. The Balaban J connectivity index is 1.95. The summed E-state index contributed by atoms with van der Waals surface area (Å²) in [5.74, 6) is 0. The summed E-state index contributed by atoms with van der Waals surface area (Å²) in [7, 11) is 3.98. The number of hydrogen-bond acceptors (Lipinski definition) is 4. The van der Waals surface area contributed by atoms with Crippen LogP contribution in [0.3, 0.4) is 0 Å². The van der Waals surface area contributed by atoms with Crippen molar-refractivity contribution < 1.29 is 4.42 Å². The first kappa shape index (κ1) is 19.0. The highest BCUT2D eigenvalue weighted by Crippen LogP contribution is 2.34. The largest absolute Gasteiger partial charge is 0.421 e. The van der Waals surface area contributed by atoms with Crippen LogP contribution in [0.4, 0.5) is 5.69 Å². The standard InChI is InChI=1S/C24H17BrN2O2/c1-27(2)16-10-7-15(8-11-16)9-12-17-20-13-22(25)18-5-3-4-6-19(18)23(20)29-24(28)21(17)14-26/h3-13H,1-2H3/b12-9+. The zero-order chi connectivity index (χ0) is 20.5. The highest BCUT2D eigenvalue weighted by Gasteiger charge is 2.16. The molecule has 0 saturated carbocycles. The molecule has 0 aliphatic rings. The van der Waals surface area contributed by atoms with E-state index in [1.54, 1.807) is 0 Å². The Morgan fingerprint density at radius 2 is 1.69 bits per heavy atom. The van der Waals surface area contributed by atoms with E-state index in [1.807, 2.05) is 91.8 Å². The van der Waals surface area contributed by atoms with Gasteiger partial charge in [-0.05, 0) is 29.1 Å². The van der Waals surface area contributed by atoms with E-state index < -0.39 is 5.63 Å². The molecule has 0 fully saturated rings. The van der Waals surface area contributed by atoms with Crippen molar-refractivity contribution in [3.63, 3.8) is 0 Å². The first-order valence-electron chi connectivity index (χ1n) is 9.03. The highest BCUT2D eigenvalue weighted by atomic mass is 79.9. The van der Waals surface area contributed by atoms with Crippen LogP contribution in [-0.2, 0) is 0 Å². The lowest BCUT2D eigenvalue weighted by Gasteiger charge is -2.12. The fourth-order valence-corrected chi connectivity index (χ4v) is 3.92. The smallest absolute Gasteiger partial charge is 0.354 e. The molecule has 0 unspecified atom stereocenters. The predicted octanol–water partition coefficient (Wildman–Crippen LogP) is 5.82. The molecule has 0 bridgehead atoms. The number of nitriles is 1. The second kappa shape index (κ2) is 7.57. The van der Waals surface area contributed by atoms with Crippen LogP contribution < -0.4 is 10.5 Å². The Morgan fingerprint density at radius 1 is 1.00 bits per heavy atom. The molecule has 4 aromatic rings. The van der Waals surface area contributed by atoms with E-state index in [4.69, 9.17) is 4.42 Å². The van der Waals surface area contributed by atoms with Crippen LogP contribution in [0.15, 0.2) is 68.3 Å². The summed E-state index contributed by atoms with van der Waals surface area (Å²) in [4.78, 5) is 14.5. The van der Waals surface area contributed by atoms with E-state index in [0.29, 0.717) is 16.5 Å². The lowest BCUT2D eigenvalue weighted by atomic mass is 10.00. The molecular weight excluding hydrogens is 428 g/mol. The average Bonchev–Trinajstić information content (AvgIpc) is 2.73. The predicted molar refractivity (Wildman–Crippen MR) is 122 cm³/mol. The van der Waals surface area contributed by atoms with E-state index in [2.05, 4.69) is 15.9 Å². The maximum absolute atomic E-state index is 12.5. The minimum Gasteiger partial charge on any atom is -0.421 e. The topological polar surface area (TPSA) is 57.2 Å². The molecule has 3 aromatic carbocycles. The van der Waals surface area contributed by atoms with Crippen LogP contribution in [0.2, 0.25) is 0 Å². The molecule has 0 spiro atoms. The highest BCUT2D eigenvalue weighted by molar-refractivity contribution is 9.10. The molecule has 0 N–H and O–H groups in total.